The largest absolute Gasteiger partial charge is 0.374 e. The Morgan fingerprint density at radius 2 is 1.46 bits per heavy atom. The summed E-state index contributed by atoms with van der Waals surface area (Å²) >= 11 is 0. The van der Waals surface area contributed by atoms with Crippen molar-refractivity contribution in [3.8, 4) is 28.5 Å². The number of anilines is 1. The molecule has 182 valence electrons. The van der Waals surface area contributed by atoms with Crippen LogP contribution in [0.4, 0.5) is 5.69 Å². The maximum Gasteiger partial charge on any atom is 0.137 e. The Kier molecular flexibility index (Phi) is 6.11. The zero-order chi connectivity index (χ0) is 25.2. The van der Waals surface area contributed by atoms with Crippen LogP contribution in [-0.2, 0) is 0 Å². The lowest BCUT2D eigenvalue weighted by Gasteiger charge is -2.38. The first-order valence-electron chi connectivity index (χ1n) is 12.3. The molecule has 0 aliphatic carbocycles. The van der Waals surface area contributed by atoms with Crippen molar-refractivity contribution in [2.45, 2.75) is 6.23 Å². The van der Waals surface area contributed by atoms with E-state index in [9.17, 15) is 5.11 Å². The van der Waals surface area contributed by atoms with Crippen molar-refractivity contribution in [1.29, 1.82) is 5.26 Å². The third-order valence-electron chi connectivity index (χ3n) is 7.05. The van der Waals surface area contributed by atoms with Gasteiger partial charge in [-0.2, -0.15) is 5.26 Å². The number of pyridine rings is 2. The molecular weight excluding hydrogens is 460 g/mol. The first kappa shape index (κ1) is 22.9. The molecule has 0 saturated carbocycles. The molecule has 0 spiro atoms. The minimum atomic E-state index is -0.632. The maximum absolute atomic E-state index is 11.0. The number of benzene rings is 2. The fourth-order valence-electron chi connectivity index (χ4n) is 4.92. The highest BCUT2D eigenvalue weighted by Gasteiger charge is 2.23. The fourth-order valence-corrected chi connectivity index (χ4v) is 4.92. The zero-order valence-electron chi connectivity index (χ0n) is 20.3. The molecule has 6 rings (SSSR count). The van der Waals surface area contributed by atoms with Crippen LogP contribution in [0.3, 0.4) is 0 Å². The molecule has 1 saturated heterocycles. The Bertz CT molecular complexity index is 1550. The van der Waals surface area contributed by atoms with Gasteiger partial charge in [-0.25, -0.2) is 4.98 Å². The van der Waals surface area contributed by atoms with Crippen molar-refractivity contribution >= 4 is 11.3 Å². The Hall–Kier alpha value is -4.51. The van der Waals surface area contributed by atoms with Crippen LogP contribution in [0.25, 0.3) is 28.0 Å². The second-order valence-electron chi connectivity index (χ2n) is 9.20. The van der Waals surface area contributed by atoms with Crippen LogP contribution in [-0.4, -0.2) is 50.6 Å². The van der Waals surface area contributed by atoms with Gasteiger partial charge in [0.15, 0.2) is 0 Å². The number of nitrogens with zero attached hydrogens (tertiary/aromatic N) is 6. The lowest BCUT2D eigenvalue weighted by molar-refractivity contribution is -0.00160. The monoisotopic (exact) mass is 486 g/mol. The molecule has 7 nitrogen and oxygen atoms in total. The number of aliphatic hydroxyl groups is 1. The number of fused-ring (bicyclic) bond motifs is 1. The standard InChI is InChI=1S/C30H26N6O/c31-19-22-1-3-24(4-2-22)28-20-33-29-10-9-26(21-36(28)29)23-5-7-25(8-6-23)30(37)35-17-15-34(16-18-35)27-11-13-32-14-12-27/h1-14,20-21,30,37H,15-18H2. The van der Waals surface area contributed by atoms with Gasteiger partial charge in [0, 0.05) is 56.0 Å². The van der Waals surface area contributed by atoms with E-state index in [0.717, 1.165) is 59.8 Å². The lowest BCUT2D eigenvalue weighted by atomic mass is 10.0. The van der Waals surface area contributed by atoms with Crippen LogP contribution < -0.4 is 4.90 Å². The Morgan fingerprint density at radius 1 is 0.784 bits per heavy atom. The van der Waals surface area contributed by atoms with E-state index < -0.39 is 6.23 Å². The van der Waals surface area contributed by atoms with Crippen molar-refractivity contribution in [2.75, 3.05) is 31.1 Å². The van der Waals surface area contributed by atoms with Gasteiger partial charge in [0.25, 0.3) is 0 Å². The van der Waals surface area contributed by atoms with Crippen molar-refractivity contribution in [1.82, 2.24) is 19.3 Å². The smallest absolute Gasteiger partial charge is 0.137 e. The molecule has 2 aromatic carbocycles. The average molecular weight is 487 g/mol. The first-order valence-corrected chi connectivity index (χ1v) is 12.3. The molecule has 7 heteroatoms. The average Bonchev–Trinajstić information content (AvgIpc) is 3.41. The van der Waals surface area contributed by atoms with Crippen molar-refractivity contribution in [3.63, 3.8) is 0 Å². The molecule has 1 unspecified atom stereocenters. The molecular formula is C30H26N6O. The van der Waals surface area contributed by atoms with Gasteiger partial charge in [-0.3, -0.25) is 14.3 Å². The summed E-state index contributed by atoms with van der Waals surface area (Å²) in [5, 5.41) is 20.1. The maximum atomic E-state index is 11.0. The summed E-state index contributed by atoms with van der Waals surface area (Å²) in [6.45, 7) is 3.32. The highest BCUT2D eigenvalue weighted by Crippen LogP contribution is 2.28. The summed E-state index contributed by atoms with van der Waals surface area (Å²) in [6.07, 6.45) is 6.94. The van der Waals surface area contributed by atoms with Crippen molar-refractivity contribution in [3.05, 3.63) is 109 Å². The van der Waals surface area contributed by atoms with Crippen LogP contribution in [0.5, 0.6) is 0 Å². The van der Waals surface area contributed by atoms with E-state index >= 15 is 0 Å². The summed E-state index contributed by atoms with van der Waals surface area (Å²) in [5.41, 5.74) is 7.67. The predicted octanol–water partition coefficient (Wildman–Crippen LogP) is 4.75. The summed E-state index contributed by atoms with van der Waals surface area (Å²) < 4.78 is 2.07. The molecule has 3 aromatic heterocycles. The van der Waals surface area contributed by atoms with Crippen molar-refractivity contribution in [2.24, 2.45) is 0 Å². The Balaban J connectivity index is 1.18. The second kappa shape index (κ2) is 9.86. The molecule has 5 aromatic rings. The van der Waals surface area contributed by atoms with Gasteiger partial charge < -0.3 is 10.0 Å². The quantitative estimate of drug-likeness (QED) is 0.386. The minimum absolute atomic E-state index is 0.632. The molecule has 0 amide bonds. The third-order valence-corrected chi connectivity index (χ3v) is 7.05. The van der Waals surface area contributed by atoms with E-state index in [1.54, 1.807) is 0 Å². The molecule has 1 aliphatic heterocycles. The van der Waals surface area contributed by atoms with Gasteiger partial charge in [-0.05, 0) is 53.1 Å². The topological polar surface area (TPSA) is 80.7 Å². The van der Waals surface area contributed by atoms with E-state index in [1.165, 1.54) is 5.69 Å². The van der Waals surface area contributed by atoms with Crippen LogP contribution >= 0.6 is 0 Å². The van der Waals surface area contributed by atoms with Crippen LogP contribution in [0.1, 0.15) is 17.4 Å². The summed E-state index contributed by atoms with van der Waals surface area (Å²) in [6, 6.07) is 26.0. The van der Waals surface area contributed by atoms with Gasteiger partial charge in [0.05, 0.1) is 23.5 Å². The normalized spacial score (nSPS) is 15.0. The number of rotatable bonds is 5. The van der Waals surface area contributed by atoms with Gasteiger partial charge in [-0.1, -0.05) is 36.4 Å². The highest BCUT2D eigenvalue weighted by atomic mass is 16.3. The van der Waals surface area contributed by atoms with Gasteiger partial charge >= 0.3 is 0 Å². The SMILES string of the molecule is N#Cc1ccc(-c2cnc3ccc(-c4ccc(C(O)N5CCN(c6ccncc6)CC5)cc4)cn23)cc1. The van der Waals surface area contributed by atoms with Crippen LogP contribution in [0.2, 0.25) is 0 Å². The molecule has 0 radical (unpaired) electrons. The molecule has 37 heavy (non-hydrogen) atoms. The van der Waals surface area contributed by atoms with Crippen molar-refractivity contribution < 1.29 is 5.11 Å². The lowest BCUT2D eigenvalue weighted by Crippen LogP contribution is -2.47. The Morgan fingerprint density at radius 3 is 2.16 bits per heavy atom. The number of aromatic nitrogens is 3. The molecule has 0 bridgehead atoms. The highest BCUT2D eigenvalue weighted by molar-refractivity contribution is 5.69. The number of hydrogen-bond donors (Lipinski definition) is 1. The molecule has 1 atom stereocenters. The van der Waals surface area contributed by atoms with E-state index in [2.05, 4.69) is 54.6 Å². The van der Waals surface area contributed by atoms with E-state index in [-0.39, 0.29) is 0 Å². The zero-order valence-corrected chi connectivity index (χ0v) is 20.3. The minimum Gasteiger partial charge on any atom is -0.374 e. The molecule has 1 N–H and O–H groups in total. The van der Waals surface area contributed by atoms with Crippen LogP contribution in [0.15, 0.2) is 97.6 Å². The van der Waals surface area contributed by atoms with Crippen LogP contribution in [0, 0.1) is 11.3 Å². The summed E-state index contributed by atoms with van der Waals surface area (Å²) in [7, 11) is 0. The third kappa shape index (κ3) is 4.56. The summed E-state index contributed by atoms with van der Waals surface area (Å²) in [4.78, 5) is 13.1. The van der Waals surface area contributed by atoms with E-state index in [0.29, 0.717) is 5.56 Å². The van der Waals surface area contributed by atoms with Gasteiger partial charge in [0.1, 0.15) is 11.9 Å². The molecule has 4 heterocycles. The Labute approximate surface area is 215 Å². The van der Waals surface area contributed by atoms with Gasteiger partial charge in [0.2, 0.25) is 0 Å². The number of nitriles is 1. The first-order chi connectivity index (χ1) is 18.2. The van der Waals surface area contributed by atoms with E-state index in [4.69, 9.17) is 5.26 Å². The number of piperazine rings is 1. The molecule has 1 aliphatic rings. The number of aliphatic hydroxyl groups excluding tert-OH is 1. The molecule has 1 fully saturated rings. The fraction of sp³-hybridized carbons (Fsp3) is 0.167. The van der Waals surface area contributed by atoms with Gasteiger partial charge in [-0.15, -0.1) is 0 Å². The predicted molar refractivity (Wildman–Crippen MR) is 144 cm³/mol. The summed E-state index contributed by atoms with van der Waals surface area (Å²) in [5.74, 6) is 0. The number of hydrogen-bond acceptors (Lipinski definition) is 6. The second-order valence-corrected chi connectivity index (χ2v) is 9.20. The van der Waals surface area contributed by atoms with E-state index in [1.807, 2.05) is 73.2 Å². The number of imidazole rings is 1.